The van der Waals surface area contributed by atoms with E-state index in [-0.39, 0.29) is 11.9 Å². The summed E-state index contributed by atoms with van der Waals surface area (Å²) in [5.74, 6) is 0.0590. The van der Waals surface area contributed by atoms with E-state index in [1.165, 1.54) is 11.1 Å². The van der Waals surface area contributed by atoms with Crippen molar-refractivity contribution in [2.24, 2.45) is 0 Å². The molecule has 1 atom stereocenters. The third-order valence-corrected chi connectivity index (χ3v) is 5.74. The van der Waals surface area contributed by atoms with Gasteiger partial charge < -0.3 is 4.90 Å². The van der Waals surface area contributed by atoms with Gasteiger partial charge in [0.05, 0.1) is 17.1 Å². The van der Waals surface area contributed by atoms with Gasteiger partial charge in [-0.25, -0.2) is 4.98 Å². The van der Waals surface area contributed by atoms with Crippen LogP contribution in [-0.2, 0) is 6.42 Å². The highest BCUT2D eigenvalue weighted by Crippen LogP contribution is 2.35. The number of carbonyl (C=O) groups is 1. The molecule has 0 fully saturated rings. The van der Waals surface area contributed by atoms with Gasteiger partial charge in [0.2, 0.25) is 0 Å². The molecule has 0 bridgehead atoms. The van der Waals surface area contributed by atoms with Crippen LogP contribution in [0.5, 0.6) is 0 Å². The summed E-state index contributed by atoms with van der Waals surface area (Å²) in [4.78, 5) is 19.4. The third-order valence-electron chi connectivity index (χ3n) is 5.74. The molecule has 1 unspecified atom stereocenters. The van der Waals surface area contributed by atoms with Crippen molar-refractivity contribution in [2.75, 3.05) is 7.05 Å². The van der Waals surface area contributed by atoms with Gasteiger partial charge in [0.1, 0.15) is 6.33 Å². The first-order chi connectivity index (χ1) is 13.7. The smallest absolute Gasteiger partial charge is 0.254 e. The summed E-state index contributed by atoms with van der Waals surface area (Å²) in [6.45, 7) is 0. The van der Waals surface area contributed by atoms with E-state index in [4.69, 9.17) is 0 Å². The van der Waals surface area contributed by atoms with Crippen molar-refractivity contribution in [3.8, 4) is 5.69 Å². The minimum atomic E-state index is 0.0590. The molecule has 1 aliphatic rings. The minimum absolute atomic E-state index is 0.0590. The van der Waals surface area contributed by atoms with Crippen molar-refractivity contribution in [1.82, 2.24) is 14.5 Å². The van der Waals surface area contributed by atoms with E-state index in [2.05, 4.69) is 29.2 Å². The second kappa shape index (κ2) is 6.64. The van der Waals surface area contributed by atoms with Crippen LogP contribution in [0.25, 0.3) is 16.7 Å². The molecule has 1 heterocycles. The number of aromatic nitrogens is 2. The molecule has 0 N–H and O–H groups in total. The number of hydrogen-bond donors (Lipinski definition) is 0. The van der Waals surface area contributed by atoms with Crippen LogP contribution in [0, 0.1) is 0 Å². The summed E-state index contributed by atoms with van der Waals surface area (Å²) in [6.07, 6.45) is 3.84. The average Bonchev–Trinajstić information content (AvgIpc) is 3.37. The number of rotatable bonds is 3. The quantitative estimate of drug-likeness (QED) is 0.522. The first kappa shape index (κ1) is 16.8. The van der Waals surface area contributed by atoms with E-state index in [1.54, 1.807) is 0 Å². The third kappa shape index (κ3) is 2.69. The van der Waals surface area contributed by atoms with E-state index < -0.39 is 0 Å². The summed E-state index contributed by atoms with van der Waals surface area (Å²) in [7, 11) is 1.91. The number of imidazole rings is 1. The predicted octanol–water partition coefficient (Wildman–Crippen LogP) is 4.79. The number of aryl methyl sites for hydroxylation is 1. The SMILES string of the molecule is CN(C(=O)c1ccc(-n2cnc3ccccc32)cc1)C1CCc2ccccc21. The summed E-state index contributed by atoms with van der Waals surface area (Å²) >= 11 is 0. The van der Waals surface area contributed by atoms with Crippen LogP contribution in [0.4, 0.5) is 0 Å². The Morgan fingerprint density at radius 1 is 1.00 bits per heavy atom. The van der Waals surface area contributed by atoms with Crippen molar-refractivity contribution in [1.29, 1.82) is 0 Å². The van der Waals surface area contributed by atoms with Gasteiger partial charge in [-0.2, -0.15) is 0 Å². The number of hydrogen-bond acceptors (Lipinski definition) is 2. The molecular weight excluding hydrogens is 346 g/mol. The lowest BCUT2D eigenvalue weighted by atomic mass is 10.1. The molecule has 0 aliphatic heterocycles. The summed E-state index contributed by atoms with van der Waals surface area (Å²) in [5, 5.41) is 0. The zero-order chi connectivity index (χ0) is 19.1. The van der Waals surface area contributed by atoms with E-state index in [9.17, 15) is 4.79 Å². The summed E-state index contributed by atoms with van der Waals surface area (Å²) in [5.41, 5.74) is 6.36. The molecule has 1 amide bonds. The maximum absolute atomic E-state index is 13.1. The summed E-state index contributed by atoms with van der Waals surface area (Å²) < 4.78 is 2.04. The largest absolute Gasteiger partial charge is 0.335 e. The molecule has 4 heteroatoms. The lowest BCUT2D eigenvalue weighted by molar-refractivity contribution is 0.0730. The van der Waals surface area contributed by atoms with E-state index >= 15 is 0 Å². The van der Waals surface area contributed by atoms with Gasteiger partial charge >= 0.3 is 0 Å². The molecule has 0 saturated heterocycles. The molecule has 1 aliphatic carbocycles. The van der Waals surface area contributed by atoms with Crippen LogP contribution in [-0.4, -0.2) is 27.4 Å². The second-order valence-corrected chi connectivity index (χ2v) is 7.32. The molecule has 5 rings (SSSR count). The molecule has 138 valence electrons. The standard InChI is InChI=1S/C24H21N3O/c1-26(22-15-12-17-6-2-3-7-20(17)22)24(28)18-10-13-19(14-11-18)27-16-25-21-8-4-5-9-23(21)27/h2-11,13-14,16,22H,12,15H2,1H3. The van der Waals surface area contributed by atoms with Crippen LogP contribution < -0.4 is 0 Å². The molecule has 1 aromatic heterocycles. The zero-order valence-electron chi connectivity index (χ0n) is 15.7. The molecule has 0 spiro atoms. The van der Waals surface area contributed by atoms with E-state index in [0.29, 0.717) is 5.56 Å². The Hall–Kier alpha value is -3.40. The van der Waals surface area contributed by atoms with Crippen molar-refractivity contribution in [2.45, 2.75) is 18.9 Å². The highest BCUT2D eigenvalue weighted by Gasteiger charge is 2.28. The molecule has 0 saturated carbocycles. The first-order valence-corrected chi connectivity index (χ1v) is 9.60. The fourth-order valence-corrected chi connectivity index (χ4v) is 4.21. The van der Waals surface area contributed by atoms with Crippen molar-refractivity contribution in [3.63, 3.8) is 0 Å². The number of carbonyl (C=O) groups excluding carboxylic acids is 1. The number of benzene rings is 3. The topological polar surface area (TPSA) is 38.1 Å². The second-order valence-electron chi connectivity index (χ2n) is 7.32. The van der Waals surface area contributed by atoms with Crippen LogP contribution in [0.1, 0.15) is 33.9 Å². The van der Waals surface area contributed by atoms with E-state index in [1.807, 2.05) is 71.4 Å². The highest BCUT2D eigenvalue weighted by atomic mass is 16.2. The van der Waals surface area contributed by atoms with E-state index in [0.717, 1.165) is 29.6 Å². The van der Waals surface area contributed by atoms with Crippen LogP contribution >= 0.6 is 0 Å². The summed E-state index contributed by atoms with van der Waals surface area (Å²) in [6, 6.07) is 24.4. The zero-order valence-corrected chi connectivity index (χ0v) is 15.7. The predicted molar refractivity (Wildman–Crippen MR) is 111 cm³/mol. The van der Waals surface area contributed by atoms with Crippen molar-refractivity contribution < 1.29 is 4.79 Å². The Kier molecular flexibility index (Phi) is 3.97. The Bertz CT molecular complexity index is 1160. The van der Waals surface area contributed by atoms with Crippen LogP contribution in [0.15, 0.2) is 79.1 Å². The number of para-hydroxylation sites is 2. The average molecular weight is 367 g/mol. The number of amides is 1. The van der Waals surface area contributed by atoms with Gasteiger partial charge in [0, 0.05) is 18.3 Å². The van der Waals surface area contributed by atoms with Gasteiger partial charge in [-0.1, -0.05) is 36.4 Å². The molecule has 3 aromatic carbocycles. The number of nitrogens with zero attached hydrogens (tertiary/aromatic N) is 3. The normalized spacial score (nSPS) is 15.5. The molecule has 0 radical (unpaired) electrons. The van der Waals surface area contributed by atoms with Crippen LogP contribution in [0.2, 0.25) is 0 Å². The van der Waals surface area contributed by atoms with Crippen molar-refractivity contribution >= 4 is 16.9 Å². The first-order valence-electron chi connectivity index (χ1n) is 9.60. The van der Waals surface area contributed by atoms with Gasteiger partial charge in [-0.3, -0.25) is 9.36 Å². The Morgan fingerprint density at radius 3 is 2.61 bits per heavy atom. The molecular formula is C24H21N3O. The molecule has 4 aromatic rings. The van der Waals surface area contributed by atoms with Gasteiger partial charge in [0.25, 0.3) is 5.91 Å². The fourth-order valence-electron chi connectivity index (χ4n) is 4.21. The van der Waals surface area contributed by atoms with Gasteiger partial charge in [-0.15, -0.1) is 0 Å². The monoisotopic (exact) mass is 367 g/mol. The van der Waals surface area contributed by atoms with Gasteiger partial charge in [-0.05, 0) is 60.4 Å². The molecule has 4 nitrogen and oxygen atoms in total. The Morgan fingerprint density at radius 2 is 1.75 bits per heavy atom. The van der Waals surface area contributed by atoms with Crippen molar-refractivity contribution in [3.05, 3.63) is 95.8 Å². The molecule has 28 heavy (non-hydrogen) atoms. The Labute approximate surface area is 164 Å². The fraction of sp³-hybridized carbons (Fsp3) is 0.167. The van der Waals surface area contributed by atoms with Gasteiger partial charge in [0.15, 0.2) is 0 Å². The lowest BCUT2D eigenvalue weighted by Gasteiger charge is -2.25. The Balaban J connectivity index is 1.41. The lowest BCUT2D eigenvalue weighted by Crippen LogP contribution is -2.30. The number of fused-ring (bicyclic) bond motifs is 2. The maximum Gasteiger partial charge on any atom is 0.254 e. The minimum Gasteiger partial charge on any atom is -0.335 e. The maximum atomic E-state index is 13.1. The van der Waals surface area contributed by atoms with Crippen LogP contribution in [0.3, 0.4) is 0 Å². The highest BCUT2D eigenvalue weighted by molar-refractivity contribution is 5.94.